The summed E-state index contributed by atoms with van der Waals surface area (Å²) in [4.78, 5) is 33.1. The number of carbonyl (C=O) groups excluding carboxylic acids is 1. The molecule has 6 rings (SSSR count). The molecular weight excluding hydrogens is 548 g/mol. The second-order valence-corrected chi connectivity index (χ2v) is 11.7. The number of aromatic nitrogens is 3. The van der Waals surface area contributed by atoms with Crippen molar-refractivity contribution in [1.82, 2.24) is 30.1 Å². The molecule has 1 saturated heterocycles. The van der Waals surface area contributed by atoms with Crippen LogP contribution >= 0.6 is 0 Å². The number of pyridine rings is 1. The molecule has 0 unspecified atom stereocenters. The summed E-state index contributed by atoms with van der Waals surface area (Å²) in [7, 11) is 6.17. The molecule has 2 aromatic heterocycles. The van der Waals surface area contributed by atoms with Crippen LogP contribution in [0.15, 0.2) is 72.9 Å². The number of piperazine rings is 1. The van der Waals surface area contributed by atoms with Crippen LogP contribution in [0.5, 0.6) is 0 Å². The Morgan fingerprint density at radius 2 is 1.68 bits per heavy atom. The van der Waals surface area contributed by atoms with E-state index in [0.717, 1.165) is 73.8 Å². The van der Waals surface area contributed by atoms with E-state index in [1.165, 1.54) is 5.56 Å². The van der Waals surface area contributed by atoms with E-state index >= 15 is 0 Å². The number of likely N-dealkylation sites (N-methyl/N-ethyl adjacent to an activating group) is 1. The third-order valence-electron chi connectivity index (χ3n) is 7.83. The maximum Gasteiger partial charge on any atom is 0.270 e. The predicted molar refractivity (Wildman–Crippen MR) is 175 cm³/mol. The molecule has 2 N–H and O–H groups in total. The summed E-state index contributed by atoms with van der Waals surface area (Å²) in [6, 6.07) is 22.1. The minimum Gasteiger partial charge on any atom is -0.362 e. The summed E-state index contributed by atoms with van der Waals surface area (Å²) in [6.45, 7) is 5.43. The lowest BCUT2D eigenvalue weighted by molar-refractivity contribution is 0.0946. The molecular formula is C35H38N8O. The molecule has 224 valence electrons. The van der Waals surface area contributed by atoms with E-state index in [-0.39, 0.29) is 5.91 Å². The van der Waals surface area contributed by atoms with Crippen LogP contribution in [0, 0.1) is 11.8 Å². The summed E-state index contributed by atoms with van der Waals surface area (Å²) < 4.78 is 0. The zero-order valence-electron chi connectivity index (χ0n) is 25.5. The predicted octanol–water partition coefficient (Wildman–Crippen LogP) is 4.39. The molecule has 2 aliphatic rings. The van der Waals surface area contributed by atoms with Crippen molar-refractivity contribution in [2.24, 2.45) is 0 Å². The largest absolute Gasteiger partial charge is 0.362 e. The molecule has 9 nitrogen and oxygen atoms in total. The highest BCUT2D eigenvalue weighted by molar-refractivity contribution is 5.92. The van der Waals surface area contributed by atoms with Gasteiger partial charge in [-0.1, -0.05) is 36.3 Å². The topological polar surface area (TPSA) is 89.5 Å². The number of hydrogen-bond donors (Lipinski definition) is 2. The second-order valence-electron chi connectivity index (χ2n) is 11.7. The van der Waals surface area contributed by atoms with Gasteiger partial charge in [-0.05, 0) is 73.3 Å². The Kier molecular flexibility index (Phi) is 8.82. The normalized spacial score (nSPS) is 15.2. The molecule has 2 fully saturated rings. The minimum atomic E-state index is -0.145. The van der Waals surface area contributed by atoms with Crippen LogP contribution in [-0.4, -0.2) is 84.0 Å². The summed E-state index contributed by atoms with van der Waals surface area (Å²) in [5.74, 6) is 7.42. The second kappa shape index (κ2) is 13.2. The van der Waals surface area contributed by atoms with Gasteiger partial charge in [0.25, 0.3) is 5.91 Å². The lowest BCUT2D eigenvalue weighted by atomic mass is 10.0. The van der Waals surface area contributed by atoms with Gasteiger partial charge < -0.3 is 20.4 Å². The van der Waals surface area contributed by atoms with Crippen molar-refractivity contribution in [1.29, 1.82) is 0 Å². The van der Waals surface area contributed by atoms with E-state index in [2.05, 4.69) is 73.6 Å². The van der Waals surface area contributed by atoms with Gasteiger partial charge in [-0.2, -0.15) is 4.98 Å². The number of nitrogens with zero attached hydrogens (tertiary/aromatic N) is 6. The molecule has 1 aliphatic carbocycles. The van der Waals surface area contributed by atoms with E-state index in [0.29, 0.717) is 23.4 Å². The molecule has 4 aromatic rings. The average Bonchev–Trinajstić information content (AvgIpc) is 3.86. The van der Waals surface area contributed by atoms with Crippen LogP contribution < -0.4 is 15.5 Å². The van der Waals surface area contributed by atoms with Crippen LogP contribution in [0.2, 0.25) is 0 Å². The number of amides is 1. The Balaban J connectivity index is 1.10. The molecule has 0 radical (unpaired) electrons. The fraction of sp³-hybridized carbons (Fsp3) is 0.314. The molecule has 1 amide bonds. The van der Waals surface area contributed by atoms with Gasteiger partial charge in [0.1, 0.15) is 17.2 Å². The lowest BCUT2D eigenvalue weighted by Crippen LogP contribution is -2.43. The van der Waals surface area contributed by atoms with E-state index in [1.54, 1.807) is 6.07 Å². The quantitative estimate of drug-likeness (QED) is 0.294. The summed E-state index contributed by atoms with van der Waals surface area (Å²) in [5, 5.41) is 6.28. The van der Waals surface area contributed by atoms with Crippen molar-refractivity contribution < 1.29 is 4.79 Å². The molecule has 0 bridgehead atoms. The molecule has 1 saturated carbocycles. The number of benzene rings is 2. The molecule has 1 aliphatic heterocycles. The van der Waals surface area contributed by atoms with Gasteiger partial charge in [0.2, 0.25) is 5.95 Å². The summed E-state index contributed by atoms with van der Waals surface area (Å²) in [6.07, 6.45) is 3.96. The Labute approximate surface area is 259 Å². The van der Waals surface area contributed by atoms with Crippen LogP contribution in [-0.2, 0) is 6.54 Å². The van der Waals surface area contributed by atoms with Crippen molar-refractivity contribution in [3.63, 3.8) is 0 Å². The van der Waals surface area contributed by atoms with E-state index in [4.69, 9.17) is 4.98 Å². The van der Waals surface area contributed by atoms with Crippen LogP contribution in [0.3, 0.4) is 0 Å². The van der Waals surface area contributed by atoms with Gasteiger partial charge in [-0.3, -0.25) is 9.69 Å². The third kappa shape index (κ3) is 7.59. The molecule has 3 heterocycles. The van der Waals surface area contributed by atoms with Gasteiger partial charge in [0, 0.05) is 75.9 Å². The fourth-order valence-corrected chi connectivity index (χ4v) is 5.05. The molecule has 0 atom stereocenters. The number of rotatable bonds is 8. The number of nitrogens with one attached hydrogen (secondary N) is 2. The number of hydrogen-bond acceptors (Lipinski definition) is 8. The van der Waals surface area contributed by atoms with E-state index < -0.39 is 0 Å². The highest BCUT2D eigenvalue weighted by Crippen LogP contribution is 2.29. The fourth-order valence-electron chi connectivity index (χ4n) is 5.05. The van der Waals surface area contributed by atoms with E-state index in [9.17, 15) is 4.79 Å². The van der Waals surface area contributed by atoms with Crippen molar-refractivity contribution in [2.75, 3.05) is 57.5 Å². The third-order valence-corrected chi connectivity index (χ3v) is 7.83. The van der Waals surface area contributed by atoms with Crippen molar-refractivity contribution in [2.45, 2.75) is 25.4 Å². The first kappa shape index (κ1) is 29.3. The highest BCUT2D eigenvalue weighted by Gasteiger charge is 2.24. The maximum absolute atomic E-state index is 12.3. The molecule has 2 aromatic carbocycles. The first-order valence-corrected chi connectivity index (χ1v) is 15.1. The Morgan fingerprint density at radius 3 is 2.39 bits per heavy atom. The monoisotopic (exact) mass is 586 g/mol. The lowest BCUT2D eigenvalue weighted by Gasteiger charge is -2.32. The smallest absolute Gasteiger partial charge is 0.270 e. The highest BCUT2D eigenvalue weighted by atomic mass is 16.2. The standard InChI is InChI=1S/C35H38N8O/c1-41(2)33-31(27-12-7-26(8-13-27)24-43-21-19-42(3)20-22-43)23-36-35(40-33)39-30-15-10-25(11-16-30)9-14-28-5-4-6-32(37-28)34(44)38-29-17-18-29/h4-8,10-13,15-16,23,29H,17-22,24H2,1-3H3,(H,38,44)(H,36,39,40). The van der Waals surface area contributed by atoms with Gasteiger partial charge >= 0.3 is 0 Å². The van der Waals surface area contributed by atoms with Crippen LogP contribution in [0.25, 0.3) is 11.1 Å². The van der Waals surface area contributed by atoms with Gasteiger partial charge in [0.05, 0.1) is 0 Å². The molecule has 0 spiro atoms. The SMILES string of the molecule is CN1CCN(Cc2ccc(-c3cnc(Nc4ccc(C#Cc5cccc(C(=O)NC6CC6)n5)cc4)nc3N(C)C)cc2)CC1. The zero-order valence-corrected chi connectivity index (χ0v) is 25.5. The average molecular weight is 587 g/mol. The first-order chi connectivity index (χ1) is 21.4. The Morgan fingerprint density at radius 1 is 0.932 bits per heavy atom. The van der Waals surface area contributed by atoms with E-state index in [1.807, 2.05) is 61.6 Å². The van der Waals surface area contributed by atoms with Crippen molar-refractivity contribution >= 4 is 23.4 Å². The maximum atomic E-state index is 12.3. The van der Waals surface area contributed by atoms with Crippen LogP contribution in [0.4, 0.5) is 17.5 Å². The zero-order chi connectivity index (χ0) is 30.5. The minimum absolute atomic E-state index is 0.145. The molecule has 44 heavy (non-hydrogen) atoms. The van der Waals surface area contributed by atoms with Crippen molar-refractivity contribution in [3.05, 3.63) is 95.4 Å². The Bertz CT molecular complexity index is 1660. The van der Waals surface area contributed by atoms with Crippen LogP contribution in [0.1, 0.15) is 40.2 Å². The van der Waals surface area contributed by atoms with Gasteiger partial charge in [-0.15, -0.1) is 0 Å². The van der Waals surface area contributed by atoms with Gasteiger partial charge in [-0.25, -0.2) is 9.97 Å². The van der Waals surface area contributed by atoms with Crippen molar-refractivity contribution in [3.8, 4) is 23.0 Å². The Hall–Kier alpha value is -4.78. The number of anilines is 3. The summed E-state index contributed by atoms with van der Waals surface area (Å²) >= 11 is 0. The molecule has 9 heteroatoms. The van der Waals surface area contributed by atoms with Gasteiger partial charge in [0.15, 0.2) is 0 Å². The first-order valence-electron chi connectivity index (χ1n) is 15.1. The number of carbonyl (C=O) groups is 1. The summed E-state index contributed by atoms with van der Waals surface area (Å²) in [5.41, 5.74) is 6.05.